The van der Waals surface area contributed by atoms with E-state index in [0.717, 1.165) is 11.1 Å². The molecular weight excluding hydrogens is 310 g/mol. The Balaban J connectivity index is 2.13. The molecule has 2 rings (SSSR count). The van der Waals surface area contributed by atoms with Crippen molar-refractivity contribution in [2.75, 3.05) is 7.11 Å². The first-order chi connectivity index (χ1) is 9.92. The summed E-state index contributed by atoms with van der Waals surface area (Å²) in [4.78, 5) is 0.204. The van der Waals surface area contributed by atoms with E-state index in [-0.39, 0.29) is 11.4 Å². The van der Waals surface area contributed by atoms with Gasteiger partial charge >= 0.3 is 0 Å². The molecule has 0 unspecified atom stereocenters. The lowest BCUT2D eigenvalue weighted by atomic mass is 10.1. The average molecular weight is 326 g/mol. The summed E-state index contributed by atoms with van der Waals surface area (Å²) in [7, 11) is -2.02. The third-order valence-electron chi connectivity index (χ3n) is 3.13. The lowest BCUT2D eigenvalue weighted by molar-refractivity contribution is 0.414. The Hall–Kier alpha value is -1.56. The van der Waals surface area contributed by atoms with Crippen LogP contribution in [0.1, 0.15) is 11.1 Å². The molecule has 0 fully saturated rings. The Labute approximate surface area is 129 Å². The van der Waals surface area contributed by atoms with Gasteiger partial charge in [-0.15, -0.1) is 0 Å². The molecule has 0 aliphatic carbocycles. The van der Waals surface area contributed by atoms with E-state index in [2.05, 4.69) is 4.72 Å². The van der Waals surface area contributed by atoms with Crippen LogP contribution in [0.5, 0.6) is 5.75 Å². The van der Waals surface area contributed by atoms with E-state index in [1.165, 1.54) is 19.2 Å². The molecule has 0 aliphatic heterocycles. The summed E-state index contributed by atoms with van der Waals surface area (Å²) in [6.07, 6.45) is 0. The summed E-state index contributed by atoms with van der Waals surface area (Å²) < 4.78 is 32.0. The van der Waals surface area contributed by atoms with Crippen molar-refractivity contribution in [2.24, 2.45) is 0 Å². The van der Waals surface area contributed by atoms with Crippen molar-refractivity contribution >= 4 is 21.6 Å². The Morgan fingerprint density at radius 3 is 2.38 bits per heavy atom. The largest absolute Gasteiger partial charge is 0.497 e. The van der Waals surface area contributed by atoms with Gasteiger partial charge in [0.2, 0.25) is 10.0 Å². The summed E-state index contributed by atoms with van der Waals surface area (Å²) >= 11 is 5.88. The van der Waals surface area contributed by atoms with Gasteiger partial charge in [-0.1, -0.05) is 17.7 Å². The first-order valence-corrected chi connectivity index (χ1v) is 8.17. The highest BCUT2D eigenvalue weighted by atomic mass is 35.5. The van der Waals surface area contributed by atoms with E-state index in [4.69, 9.17) is 16.3 Å². The molecule has 6 heteroatoms. The highest BCUT2D eigenvalue weighted by Gasteiger charge is 2.14. The second-order valence-electron chi connectivity index (χ2n) is 4.57. The van der Waals surface area contributed by atoms with E-state index in [1.807, 2.05) is 13.0 Å². The van der Waals surface area contributed by atoms with Gasteiger partial charge in [-0.25, -0.2) is 13.1 Å². The van der Waals surface area contributed by atoms with E-state index in [1.54, 1.807) is 24.3 Å². The second-order valence-corrected chi connectivity index (χ2v) is 6.77. The molecule has 1 N–H and O–H groups in total. The van der Waals surface area contributed by atoms with Crippen LogP contribution in [0.25, 0.3) is 0 Å². The molecule has 2 aromatic carbocycles. The van der Waals surface area contributed by atoms with Gasteiger partial charge in [0, 0.05) is 11.6 Å². The average Bonchev–Trinajstić information content (AvgIpc) is 2.46. The molecule has 0 atom stereocenters. The lowest BCUT2D eigenvalue weighted by Crippen LogP contribution is -2.23. The second kappa shape index (κ2) is 6.47. The number of hydrogen-bond acceptors (Lipinski definition) is 3. The predicted molar refractivity (Wildman–Crippen MR) is 83.2 cm³/mol. The zero-order chi connectivity index (χ0) is 15.5. The monoisotopic (exact) mass is 325 g/mol. The minimum atomic E-state index is -3.55. The molecule has 2 aromatic rings. The molecule has 112 valence electrons. The minimum Gasteiger partial charge on any atom is -0.497 e. The van der Waals surface area contributed by atoms with Gasteiger partial charge in [0.05, 0.1) is 12.0 Å². The number of aryl methyl sites for hydroxylation is 1. The van der Waals surface area contributed by atoms with Gasteiger partial charge in [-0.05, 0) is 54.4 Å². The molecule has 0 aromatic heterocycles. The third-order valence-corrected chi connectivity index (χ3v) is 4.78. The quantitative estimate of drug-likeness (QED) is 0.918. The van der Waals surface area contributed by atoms with Crippen LogP contribution in [0.3, 0.4) is 0 Å². The van der Waals surface area contributed by atoms with Crippen LogP contribution in [0.2, 0.25) is 5.02 Å². The Bertz CT molecular complexity index is 727. The van der Waals surface area contributed by atoms with E-state index in [0.29, 0.717) is 10.8 Å². The van der Waals surface area contributed by atoms with Crippen LogP contribution in [0.15, 0.2) is 47.4 Å². The lowest BCUT2D eigenvalue weighted by Gasteiger charge is -2.09. The van der Waals surface area contributed by atoms with Crippen LogP contribution in [-0.2, 0) is 16.6 Å². The Morgan fingerprint density at radius 1 is 1.14 bits per heavy atom. The Kier molecular flexibility index (Phi) is 4.88. The molecule has 0 heterocycles. The standard InChI is InChI=1S/C15H16ClNO3S/c1-11-9-13(16)4-3-12(11)10-17-21(18,19)15-7-5-14(20-2)6-8-15/h3-9,17H,10H2,1-2H3. The van der Waals surface area contributed by atoms with Gasteiger partial charge in [-0.2, -0.15) is 0 Å². The number of ether oxygens (including phenoxy) is 1. The number of methoxy groups -OCH3 is 1. The fourth-order valence-electron chi connectivity index (χ4n) is 1.87. The molecule has 0 amide bonds. The maximum atomic E-state index is 12.2. The van der Waals surface area contributed by atoms with Crippen molar-refractivity contribution in [1.29, 1.82) is 0 Å². The zero-order valence-electron chi connectivity index (χ0n) is 11.8. The molecule has 0 spiro atoms. The van der Waals surface area contributed by atoms with Crippen molar-refractivity contribution < 1.29 is 13.2 Å². The Morgan fingerprint density at radius 2 is 1.81 bits per heavy atom. The maximum Gasteiger partial charge on any atom is 0.240 e. The topological polar surface area (TPSA) is 55.4 Å². The molecule has 0 saturated carbocycles. The molecule has 0 bridgehead atoms. The minimum absolute atomic E-state index is 0.204. The molecular formula is C15H16ClNO3S. The summed E-state index contributed by atoms with van der Waals surface area (Å²) in [5.41, 5.74) is 1.83. The van der Waals surface area contributed by atoms with Gasteiger partial charge < -0.3 is 4.74 Å². The summed E-state index contributed by atoms with van der Waals surface area (Å²) in [6, 6.07) is 11.6. The SMILES string of the molecule is COc1ccc(S(=O)(=O)NCc2ccc(Cl)cc2C)cc1. The summed E-state index contributed by atoms with van der Waals surface area (Å²) in [5.74, 6) is 0.613. The summed E-state index contributed by atoms with van der Waals surface area (Å²) in [5, 5.41) is 0.634. The predicted octanol–water partition coefficient (Wildman–Crippen LogP) is 3.14. The van der Waals surface area contributed by atoms with Crippen molar-refractivity contribution in [3.8, 4) is 5.75 Å². The molecule has 0 radical (unpaired) electrons. The first-order valence-electron chi connectivity index (χ1n) is 6.31. The number of rotatable bonds is 5. The molecule has 0 saturated heterocycles. The maximum absolute atomic E-state index is 12.2. The number of sulfonamides is 1. The first kappa shape index (κ1) is 15.8. The van der Waals surface area contributed by atoms with Crippen LogP contribution in [-0.4, -0.2) is 15.5 Å². The van der Waals surface area contributed by atoms with Crippen molar-refractivity contribution in [2.45, 2.75) is 18.4 Å². The van der Waals surface area contributed by atoms with Crippen molar-refractivity contribution in [3.05, 3.63) is 58.6 Å². The fraction of sp³-hybridized carbons (Fsp3) is 0.200. The number of halogens is 1. The highest BCUT2D eigenvalue weighted by Crippen LogP contribution is 2.18. The normalized spacial score (nSPS) is 11.4. The zero-order valence-corrected chi connectivity index (χ0v) is 13.3. The van der Waals surface area contributed by atoms with Gasteiger partial charge in [0.1, 0.15) is 5.75 Å². The smallest absolute Gasteiger partial charge is 0.240 e. The van der Waals surface area contributed by atoms with Crippen molar-refractivity contribution in [1.82, 2.24) is 4.72 Å². The molecule has 21 heavy (non-hydrogen) atoms. The number of nitrogens with one attached hydrogen (secondary N) is 1. The van der Waals surface area contributed by atoms with Gasteiger partial charge in [0.25, 0.3) is 0 Å². The summed E-state index contributed by atoms with van der Waals surface area (Å²) in [6.45, 7) is 2.11. The van der Waals surface area contributed by atoms with Crippen LogP contribution >= 0.6 is 11.6 Å². The van der Waals surface area contributed by atoms with Crippen LogP contribution < -0.4 is 9.46 Å². The van der Waals surface area contributed by atoms with Crippen LogP contribution in [0.4, 0.5) is 0 Å². The highest BCUT2D eigenvalue weighted by molar-refractivity contribution is 7.89. The van der Waals surface area contributed by atoms with E-state index < -0.39 is 10.0 Å². The van der Waals surface area contributed by atoms with Gasteiger partial charge in [0.15, 0.2) is 0 Å². The van der Waals surface area contributed by atoms with E-state index >= 15 is 0 Å². The van der Waals surface area contributed by atoms with Crippen molar-refractivity contribution in [3.63, 3.8) is 0 Å². The molecule has 4 nitrogen and oxygen atoms in total. The third kappa shape index (κ3) is 3.97. The number of benzene rings is 2. The van der Waals surface area contributed by atoms with E-state index in [9.17, 15) is 8.42 Å². The molecule has 0 aliphatic rings. The fourth-order valence-corrected chi connectivity index (χ4v) is 3.10. The van der Waals surface area contributed by atoms with Gasteiger partial charge in [-0.3, -0.25) is 0 Å². The number of hydrogen-bond donors (Lipinski definition) is 1. The van der Waals surface area contributed by atoms with Crippen LogP contribution in [0, 0.1) is 6.92 Å².